The number of primary amides is 1. The van der Waals surface area contributed by atoms with Gasteiger partial charge in [-0.1, -0.05) is 13.8 Å². The molecule has 0 fully saturated rings. The highest BCUT2D eigenvalue weighted by Gasteiger charge is 2.32. The summed E-state index contributed by atoms with van der Waals surface area (Å²) in [6.45, 7) is 3.04. The van der Waals surface area contributed by atoms with Gasteiger partial charge in [-0.15, -0.1) is 0 Å². The first-order valence-electron chi connectivity index (χ1n) is 10.7. The molecular formula is C21H27N5O9. The second kappa shape index (κ2) is 11.8. The number of rotatable bonds is 6. The van der Waals surface area contributed by atoms with Crippen LogP contribution >= 0.6 is 0 Å². The molecule has 1 unspecified atom stereocenters. The van der Waals surface area contributed by atoms with E-state index in [1.54, 1.807) is 13.8 Å². The van der Waals surface area contributed by atoms with Crippen molar-refractivity contribution >= 4 is 35.3 Å². The van der Waals surface area contributed by atoms with E-state index >= 15 is 0 Å². The molecule has 1 aromatic rings. The maximum atomic E-state index is 13.0. The van der Waals surface area contributed by atoms with E-state index in [4.69, 9.17) is 15.6 Å². The lowest BCUT2D eigenvalue weighted by Gasteiger charge is -2.27. The Hall–Kier alpha value is -4.23. The van der Waals surface area contributed by atoms with Crippen LogP contribution in [-0.2, 0) is 19.2 Å². The summed E-state index contributed by atoms with van der Waals surface area (Å²) in [7, 11) is 0. The Morgan fingerprint density at radius 2 is 1.89 bits per heavy atom. The Labute approximate surface area is 199 Å². The number of carbonyl (C=O) groups is 5. The number of hydrogen-bond donors (Lipinski definition) is 5. The molecule has 0 bridgehead atoms. The highest BCUT2D eigenvalue weighted by atomic mass is 16.6. The molecule has 1 aliphatic rings. The number of nitrogens with one attached hydrogen (secondary N) is 3. The number of amides is 4. The van der Waals surface area contributed by atoms with Crippen molar-refractivity contribution in [2.24, 2.45) is 11.7 Å². The summed E-state index contributed by atoms with van der Waals surface area (Å²) in [4.78, 5) is 72.2. The number of nitrogens with zero attached hydrogens (tertiary/aromatic N) is 1. The number of nitro benzene ring substituents is 1. The lowest BCUT2D eigenvalue weighted by molar-refractivity contribution is -0.384. The van der Waals surface area contributed by atoms with Gasteiger partial charge < -0.3 is 31.5 Å². The number of carbonyl (C=O) groups excluding carboxylic acids is 4. The van der Waals surface area contributed by atoms with Crippen molar-refractivity contribution in [2.45, 2.75) is 51.2 Å². The van der Waals surface area contributed by atoms with Gasteiger partial charge in [0.05, 0.1) is 17.1 Å². The molecule has 0 radical (unpaired) electrons. The number of carboxylic acid groups (broad SMARTS) is 1. The number of fused-ring (bicyclic) bond motifs is 1. The highest BCUT2D eigenvalue weighted by Crippen LogP contribution is 2.25. The molecule has 4 amide bonds. The smallest absolute Gasteiger partial charge is 0.303 e. The molecule has 190 valence electrons. The fraction of sp³-hybridized carbons (Fsp3) is 0.476. The average Bonchev–Trinajstić information content (AvgIpc) is 2.77. The van der Waals surface area contributed by atoms with Gasteiger partial charge in [0.15, 0.2) is 0 Å². The van der Waals surface area contributed by atoms with Crippen LogP contribution in [0.4, 0.5) is 5.69 Å². The summed E-state index contributed by atoms with van der Waals surface area (Å²) in [5, 5.41) is 27.5. The summed E-state index contributed by atoms with van der Waals surface area (Å²) in [6, 6.07) is -0.424. The van der Waals surface area contributed by atoms with Crippen molar-refractivity contribution in [1.29, 1.82) is 0 Å². The Bertz CT molecular complexity index is 1030. The summed E-state index contributed by atoms with van der Waals surface area (Å²) < 4.78 is 5.56. The quantitative estimate of drug-likeness (QED) is 0.253. The summed E-state index contributed by atoms with van der Waals surface area (Å²) >= 11 is 0. The minimum absolute atomic E-state index is 0.0399. The fourth-order valence-corrected chi connectivity index (χ4v) is 3.33. The van der Waals surface area contributed by atoms with Crippen LogP contribution in [0.25, 0.3) is 0 Å². The van der Waals surface area contributed by atoms with E-state index in [9.17, 15) is 34.1 Å². The number of nitrogens with two attached hydrogens (primary N) is 1. The van der Waals surface area contributed by atoms with Gasteiger partial charge in [-0.3, -0.25) is 34.1 Å². The van der Waals surface area contributed by atoms with Crippen molar-refractivity contribution in [2.75, 3.05) is 6.61 Å². The van der Waals surface area contributed by atoms with Crippen molar-refractivity contribution in [1.82, 2.24) is 16.0 Å². The maximum absolute atomic E-state index is 13.0. The van der Waals surface area contributed by atoms with E-state index in [0.717, 1.165) is 12.1 Å². The molecule has 2 rings (SSSR count). The molecular weight excluding hydrogens is 466 g/mol. The lowest BCUT2D eigenvalue weighted by atomic mass is 10.0. The number of aliphatic carboxylic acids is 1. The number of hydrogen-bond acceptors (Lipinski definition) is 8. The van der Waals surface area contributed by atoms with E-state index in [0.29, 0.717) is 0 Å². The van der Waals surface area contributed by atoms with E-state index in [1.165, 1.54) is 6.07 Å². The topological polar surface area (TPSA) is 220 Å². The first-order chi connectivity index (χ1) is 16.4. The summed E-state index contributed by atoms with van der Waals surface area (Å²) in [5.74, 6) is -5.10. The van der Waals surface area contributed by atoms with Gasteiger partial charge in [-0.25, -0.2) is 0 Å². The lowest BCUT2D eigenvalue weighted by Crippen LogP contribution is -2.57. The SMILES string of the molecule is CC(C)[C@@H]1NC(=O)c2cc([N+](=O)[O-])ccc2OCCC(C(N)=O)NC(=O)[C@H](CCC(=O)O)NC1=O. The highest BCUT2D eigenvalue weighted by molar-refractivity contribution is 6.01. The van der Waals surface area contributed by atoms with Gasteiger partial charge >= 0.3 is 5.97 Å². The molecule has 14 heteroatoms. The van der Waals surface area contributed by atoms with Crippen LogP contribution in [0.1, 0.15) is 43.5 Å². The minimum Gasteiger partial charge on any atom is -0.493 e. The van der Waals surface area contributed by atoms with E-state index in [-0.39, 0.29) is 36.4 Å². The van der Waals surface area contributed by atoms with Crippen LogP contribution in [0.2, 0.25) is 0 Å². The molecule has 1 aromatic carbocycles. The monoisotopic (exact) mass is 493 g/mol. The summed E-state index contributed by atoms with van der Waals surface area (Å²) in [5.41, 5.74) is 4.77. The van der Waals surface area contributed by atoms with E-state index in [1.807, 2.05) is 0 Å². The second-order valence-electron chi connectivity index (χ2n) is 8.23. The first-order valence-corrected chi connectivity index (χ1v) is 10.7. The van der Waals surface area contributed by atoms with Gasteiger partial charge in [0.2, 0.25) is 17.7 Å². The Kier molecular flexibility index (Phi) is 9.08. The van der Waals surface area contributed by atoms with Gasteiger partial charge in [0.25, 0.3) is 11.6 Å². The average molecular weight is 493 g/mol. The van der Waals surface area contributed by atoms with Crippen LogP contribution in [0.3, 0.4) is 0 Å². The van der Waals surface area contributed by atoms with Crippen LogP contribution in [0.5, 0.6) is 5.75 Å². The van der Waals surface area contributed by atoms with Crippen LogP contribution in [0.15, 0.2) is 18.2 Å². The van der Waals surface area contributed by atoms with Gasteiger partial charge in [-0.05, 0) is 18.4 Å². The zero-order chi connectivity index (χ0) is 26.3. The molecule has 14 nitrogen and oxygen atoms in total. The number of nitro groups is 1. The molecule has 1 aliphatic heterocycles. The molecule has 35 heavy (non-hydrogen) atoms. The molecule has 3 atom stereocenters. The van der Waals surface area contributed by atoms with Gasteiger partial charge in [0.1, 0.15) is 23.9 Å². The molecule has 1 heterocycles. The molecule has 6 N–H and O–H groups in total. The predicted octanol–water partition coefficient (Wildman–Crippen LogP) is -0.549. The van der Waals surface area contributed by atoms with Crippen molar-refractivity contribution < 1.29 is 38.7 Å². The largest absolute Gasteiger partial charge is 0.493 e. The standard InChI is InChI=1S/C21H27N5O9/c1-10(2)17-21(32)24-14(4-6-16(27)28)20(31)23-13(18(22)29)7-8-35-15-5-3-11(26(33)34)9-12(15)19(30)25-17/h3,5,9-10,13-14,17H,4,6-8H2,1-2H3,(H2,22,29)(H,23,31)(H,24,32)(H,25,30)(H,27,28)/t13?,14-,17-/m0/s1. The number of ether oxygens (including phenoxy) is 1. The van der Waals surface area contributed by atoms with Crippen LogP contribution in [-0.4, -0.2) is 64.4 Å². The van der Waals surface area contributed by atoms with Crippen LogP contribution < -0.4 is 26.4 Å². The molecule has 0 spiro atoms. The molecule has 0 aliphatic carbocycles. The van der Waals surface area contributed by atoms with E-state index in [2.05, 4.69) is 16.0 Å². The second-order valence-corrected chi connectivity index (χ2v) is 8.23. The Morgan fingerprint density at radius 3 is 2.46 bits per heavy atom. The Morgan fingerprint density at radius 1 is 1.20 bits per heavy atom. The minimum atomic E-state index is -1.34. The normalized spacial score (nSPS) is 21.5. The van der Waals surface area contributed by atoms with Crippen molar-refractivity contribution in [3.8, 4) is 5.75 Å². The van der Waals surface area contributed by atoms with Crippen molar-refractivity contribution in [3.63, 3.8) is 0 Å². The number of carboxylic acids is 1. The fourth-order valence-electron chi connectivity index (χ4n) is 3.33. The maximum Gasteiger partial charge on any atom is 0.303 e. The van der Waals surface area contributed by atoms with Gasteiger partial charge in [0, 0.05) is 25.0 Å². The third kappa shape index (κ3) is 7.38. The van der Waals surface area contributed by atoms with Crippen molar-refractivity contribution in [3.05, 3.63) is 33.9 Å². The van der Waals surface area contributed by atoms with E-state index < -0.39 is 65.0 Å². The van der Waals surface area contributed by atoms with Gasteiger partial charge in [-0.2, -0.15) is 0 Å². The first kappa shape index (κ1) is 27.0. The molecule has 0 saturated heterocycles. The zero-order valence-corrected chi connectivity index (χ0v) is 19.1. The molecule has 0 aromatic heterocycles. The number of benzene rings is 1. The molecule has 0 saturated carbocycles. The van der Waals surface area contributed by atoms with Crippen LogP contribution in [0, 0.1) is 16.0 Å². The Balaban J connectivity index is 2.49. The third-order valence-corrected chi connectivity index (χ3v) is 5.26. The zero-order valence-electron chi connectivity index (χ0n) is 19.1. The summed E-state index contributed by atoms with van der Waals surface area (Å²) in [6.07, 6.45) is -0.880. The third-order valence-electron chi connectivity index (χ3n) is 5.26. The predicted molar refractivity (Wildman–Crippen MR) is 119 cm³/mol. The number of non-ortho nitro benzene ring substituents is 1.